The highest BCUT2D eigenvalue weighted by molar-refractivity contribution is 8.17. The van der Waals surface area contributed by atoms with Gasteiger partial charge in [0.2, 0.25) is 11.5 Å². The number of carbonyl (C=O) groups is 3. The summed E-state index contributed by atoms with van der Waals surface area (Å²) in [4.78, 5) is 47.6. The minimum absolute atomic E-state index is 0.0396. The molecule has 0 fully saturated rings. The van der Waals surface area contributed by atoms with Crippen LogP contribution in [0.15, 0.2) is 77.5 Å². The normalized spacial score (nSPS) is 11.4. The van der Waals surface area contributed by atoms with E-state index in [9.17, 15) is 14.4 Å². The number of amides is 1. The van der Waals surface area contributed by atoms with Gasteiger partial charge in [-0.15, -0.1) is 0 Å². The fraction of sp³-hybridized carbons (Fsp3) is 0.192. The maximum Gasteiger partial charge on any atom is 0.338 e. The van der Waals surface area contributed by atoms with Crippen LogP contribution in [-0.2, 0) is 16.1 Å². The Morgan fingerprint density at radius 1 is 1.06 bits per heavy atom. The lowest BCUT2D eigenvalue weighted by Crippen LogP contribution is -2.22. The van der Waals surface area contributed by atoms with E-state index in [-0.39, 0.29) is 30.5 Å². The number of aromatic nitrogens is 2. The first-order valence-electron chi connectivity index (χ1n) is 10.9. The van der Waals surface area contributed by atoms with Gasteiger partial charge in [-0.1, -0.05) is 48.5 Å². The van der Waals surface area contributed by atoms with Crippen molar-refractivity contribution >= 4 is 35.1 Å². The van der Waals surface area contributed by atoms with Crippen molar-refractivity contribution in [3.05, 3.63) is 100.0 Å². The SMILES string of the molecule is CC(=C(CCOC(=O)c1ccccc1)SC(=O)c1ccccc1)N(C=O)Cc1cnc(C)nc1N. The molecule has 9 heteroatoms. The number of anilines is 1. The Morgan fingerprint density at radius 2 is 1.69 bits per heavy atom. The van der Waals surface area contributed by atoms with Crippen LogP contribution >= 0.6 is 11.8 Å². The van der Waals surface area contributed by atoms with Gasteiger partial charge in [-0.3, -0.25) is 9.59 Å². The molecule has 3 rings (SSSR count). The number of ether oxygens (including phenoxy) is 1. The third kappa shape index (κ3) is 7.25. The Hall–Kier alpha value is -3.98. The van der Waals surface area contributed by atoms with Crippen molar-refractivity contribution in [1.82, 2.24) is 14.9 Å². The van der Waals surface area contributed by atoms with Crippen LogP contribution in [0.2, 0.25) is 0 Å². The average molecular weight is 491 g/mol. The van der Waals surface area contributed by atoms with Gasteiger partial charge in [0.15, 0.2) is 0 Å². The first-order valence-corrected chi connectivity index (χ1v) is 11.7. The molecule has 8 nitrogen and oxygen atoms in total. The molecule has 2 aromatic carbocycles. The molecule has 0 radical (unpaired) electrons. The highest BCUT2D eigenvalue weighted by Gasteiger charge is 2.18. The van der Waals surface area contributed by atoms with Crippen LogP contribution in [0.4, 0.5) is 5.82 Å². The summed E-state index contributed by atoms with van der Waals surface area (Å²) in [5.41, 5.74) is 8.09. The fourth-order valence-corrected chi connectivity index (χ4v) is 4.09. The van der Waals surface area contributed by atoms with Crippen LogP contribution in [0, 0.1) is 6.92 Å². The van der Waals surface area contributed by atoms with Crippen LogP contribution in [0.5, 0.6) is 0 Å². The number of aryl methyl sites for hydroxylation is 1. The van der Waals surface area contributed by atoms with Crippen LogP contribution in [0.3, 0.4) is 0 Å². The zero-order chi connectivity index (χ0) is 25.2. The van der Waals surface area contributed by atoms with Crippen LogP contribution in [-0.4, -0.2) is 39.0 Å². The molecule has 35 heavy (non-hydrogen) atoms. The molecule has 0 spiro atoms. The van der Waals surface area contributed by atoms with Crippen LogP contribution in [0.1, 0.15) is 45.4 Å². The minimum atomic E-state index is -0.459. The maximum absolute atomic E-state index is 12.9. The standard InChI is InChI=1S/C26H26N4O4S/c1-18(30(17-31)16-22-15-28-19(2)29-24(22)27)23(35-26(33)21-11-7-4-8-12-21)13-14-34-25(32)20-9-5-3-6-10-20/h3-12,15,17H,13-14,16H2,1-2H3,(H2,27,28,29). The van der Waals surface area contributed by atoms with Gasteiger partial charge in [0.25, 0.3) is 0 Å². The highest BCUT2D eigenvalue weighted by atomic mass is 32.2. The predicted molar refractivity (Wildman–Crippen MR) is 135 cm³/mol. The summed E-state index contributed by atoms with van der Waals surface area (Å²) >= 11 is 1.00. The summed E-state index contributed by atoms with van der Waals surface area (Å²) in [6.07, 6.45) is 2.49. The summed E-state index contributed by atoms with van der Waals surface area (Å²) in [7, 11) is 0. The predicted octanol–water partition coefficient (Wildman–Crippen LogP) is 4.38. The number of thioether (sulfide) groups is 1. The molecule has 0 aliphatic rings. The van der Waals surface area contributed by atoms with E-state index >= 15 is 0 Å². The summed E-state index contributed by atoms with van der Waals surface area (Å²) in [5.74, 6) is 0.350. The minimum Gasteiger partial charge on any atom is -0.462 e. The van der Waals surface area contributed by atoms with Crippen molar-refractivity contribution in [2.24, 2.45) is 0 Å². The third-order valence-electron chi connectivity index (χ3n) is 5.12. The summed E-state index contributed by atoms with van der Waals surface area (Å²) in [5, 5.41) is -0.182. The number of benzene rings is 2. The molecule has 0 aliphatic carbocycles. The Labute approximate surface area is 208 Å². The van der Waals surface area contributed by atoms with Gasteiger partial charge in [-0.2, -0.15) is 0 Å². The first kappa shape index (κ1) is 25.6. The lowest BCUT2D eigenvalue weighted by atomic mass is 10.2. The molecular weight excluding hydrogens is 464 g/mol. The fourth-order valence-electron chi connectivity index (χ4n) is 3.16. The van der Waals surface area contributed by atoms with Crippen LogP contribution < -0.4 is 5.73 Å². The van der Waals surface area contributed by atoms with Crippen molar-refractivity contribution in [2.75, 3.05) is 12.3 Å². The second-order valence-corrected chi connectivity index (χ2v) is 8.64. The van der Waals surface area contributed by atoms with Gasteiger partial charge in [0.05, 0.1) is 18.7 Å². The van der Waals surface area contributed by atoms with Gasteiger partial charge in [0, 0.05) is 34.3 Å². The molecule has 1 amide bonds. The topological polar surface area (TPSA) is 115 Å². The van der Waals surface area contributed by atoms with Crippen molar-refractivity contribution in [2.45, 2.75) is 26.8 Å². The highest BCUT2D eigenvalue weighted by Crippen LogP contribution is 2.29. The summed E-state index contributed by atoms with van der Waals surface area (Å²) < 4.78 is 5.42. The van der Waals surface area contributed by atoms with E-state index in [0.717, 1.165) is 11.8 Å². The van der Waals surface area contributed by atoms with Crippen molar-refractivity contribution in [1.29, 1.82) is 0 Å². The second-order valence-electron chi connectivity index (χ2n) is 7.58. The van der Waals surface area contributed by atoms with Gasteiger partial charge >= 0.3 is 5.97 Å². The number of nitrogens with zero attached hydrogens (tertiary/aromatic N) is 3. The Morgan fingerprint density at radius 3 is 2.29 bits per heavy atom. The Balaban J connectivity index is 1.81. The molecule has 0 saturated carbocycles. The molecule has 1 aromatic heterocycles. The lowest BCUT2D eigenvalue weighted by molar-refractivity contribution is -0.116. The van der Waals surface area contributed by atoms with Crippen molar-refractivity contribution < 1.29 is 19.1 Å². The second kappa shape index (κ2) is 12.5. The average Bonchev–Trinajstić information content (AvgIpc) is 2.88. The number of allylic oxidation sites excluding steroid dienone is 1. The monoisotopic (exact) mass is 490 g/mol. The molecule has 2 N–H and O–H groups in total. The molecule has 180 valence electrons. The number of hydrogen-bond acceptors (Lipinski definition) is 8. The van der Waals surface area contributed by atoms with Crippen molar-refractivity contribution in [3.8, 4) is 0 Å². The van der Waals surface area contributed by atoms with Gasteiger partial charge in [-0.05, 0) is 37.7 Å². The van der Waals surface area contributed by atoms with E-state index in [2.05, 4.69) is 9.97 Å². The number of rotatable bonds is 10. The Bertz CT molecular complexity index is 1220. The van der Waals surface area contributed by atoms with E-state index in [1.807, 2.05) is 12.1 Å². The number of hydrogen-bond donors (Lipinski definition) is 1. The molecule has 0 saturated heterocycles. The van der Waals surface area contributed by atoms with Gasteiger partial charge in [-0.25, -0.2) is 14.8 Å². The Kier molecular flexibility index (Phi) is 9.14. The van der Waals surface area contributed by atoms with Gasteiger partial charge < -0.3 is 15.4 Å². The molecule has 0 atom stereocenters. The van der Waals surface area contributed by atoms with Crippen molar-refractivity contribution in [3.63, 3.8) is 0 Å². The number of esters is 1. The molecule has 0 bridgehead atoms. The summed E-state index contributed by atoms with van der Waals surface area (Å²) in [6, 6.07) is 17.5. The quantitative estimate of drug-likeness (QED) is 0.329. The zero-order valence-electron chi connectivity index (χ0n) is 19.5. The van der Waals surface area contributed by atoms with E-state index in [1.54, 1.807) is 68.6 Å². The number of nitrogen functional groups attached to an aromatic ring is 1. The van der Waals surface area contributed by atoms with E-state index < -0.39 is 5.97 Å². The summed E-state index contributed by atoms with van der Waals surface area (Å²) in [6.45, 7) is 3.63. The molecule has 1 heterocycles. The van der Waals surface area contributed by atoms with Gasteiger partial charge in [0.1, 0.15) is 11.6 Å². The molecule has 0 aliphatic heterocycles. The van der Waals surface area contributed by atoms with Crippen LogP contribution in [0.25, 0.3) is 0 Å². The molecule has 3 aromatic rings. The van der Waals surface area contributed by atoms with E-state index in [4.69, 9.17) is 10.5 Å². The zero-order valence-corrected chi connectivity index (χ0v) is 20.3. The molecule has 0 unspecified atom stereocenters. The smallest absolute Gasteiger partial charge is 0.338 e. The largest absolute Gasteiger partial charge is 0.462 e. The molecular formula is C26H26N4O4S. The lowest BCUT2D eigenvalue weighted by Gasteiger charge is -2.22. The van der Waals surface area contributed by atoms with E-state index in [0.29, 0.717) is 39.5 Å². The number of nitrogens with two attached hydrogens (primary N) is 1. The number of carbonyl (C=O) groups excluding carboxylic acids is 3. The first-order chi connectivity index (χ1) is 16.9. The third-order valence-corrected chi connectivity index (χ3v) is 6.28. The van der Waals surface area contributed by atoms with E-state index in [1.165, 1.54) is 4.90 Å². The maximum atomic E-state index is 12.9.